The van der Waals surface area contributed by atoms with Crippen molar-refractivity contribution in [2.24, 2.45) is 0 Å². The van der Waals surface area contributed by atoms with Gasteiger partial charge in [-0.1, -0.05) is 41.4 Å². The minimum absolute atomic E-state index is 0.135. The molecule has 7 heteroatoms. The van der Waals surface area contributed by atoms with Crippen molar-refractivity contribution < 1.29 is 23.4 Å². The van der Waals surface area contributed by atoms with Gasteiger partial charge in [-0.2, -0.15) is 0 Å². The minimum atomic E-state index is -0.482. The molecule has 0 unspecified atom stereocenters. The van der Waals surface area contributed by atoms with Gasteiger partial charge in [0.15, 0.2) is 11.6 Å². The lowest BCUT2D eigenvalue weighted by atomic mass is 10.1. The highest BCUT2D eigenvalue weighted by molar-refractivity contribution is 6.42. The van der Waals surface area contributed by atoms with E-state index in [-0.39, 0.29) is 24.7 Å². The van der Waals surface area contributed by atoms with Crippen LogP contribution in [0, 0.1) is 5.82 Å². The Hall–Kier alpha value is -2.76. The van der Waals surface area contributed by atoms with Crippen LogP contribution in [0.15, 0.2) is 60.7 Å². The number of aryl methyl sites for hydroxylation is 1. The highest BCUT2D eigenvalue weighted by Crippen LogP contribution is 2.30. The molecule has 0 heterocycles. The maximum Gasteiger partial charge on any atom is 0.306 e. The van der Waals surface area contributed by atoms with Crippen LogP contribution in [0.25, 0.3) is 0 Å². The Labute approximate surface area is 190 Å². The van der Waals surface area contributed by atoms with Gasteiger partial charge in [0.25, 0.3) is 0 Å². The second kappa shape index (κ2) is 11.0. The lowest BCUT2D eigenvalue weighted by Gasteiger charge is -2.11. The summed E-state index contributed by atoms with van der Waals surface area (Å²) in [5.74, 6) is 0.498. The van der Waals surface area contributed by atoms with Crippen LogP contribution < -0.4 is 9.47 Å². The molecule has 0 saturated carbocycles. The van der Waals surface area contributed by atoms with Crippen LogP contribution in [0.2, 0.25) is 10.0 Å². The molecular formula is C24H21Cl2FO4. The zero-order chi connectivity index (χ0) is 22.2. The van der Waals surface area contributed by atoms with Crippen molar-refractivity contribution in [2.45, 2.75) is 26.4 Å². The van der Waals surface area contributed by atoms with E-state index < -0.39 is 5.82 Å². The molecule has 162 valence electrons. The molecule has 0 aliphatic rings. The number of carbonyl (C=O) groups excluding carboxylic acids is 1. The molecule has 3 aromatic carbocycles. The van der Waals surface area contributed by atoms with Crippen LogP contribution in [0.1, 0.15) is 24.5 Å². The molecule has 0 N–H and O–H groups in total. The molecule has 0 aliphatic heterocycles. The third-order valence-electron chi connectivity index (χ3n) is 4.34. The van der Waals surface area contributed by atoms with Crippen LogP contribution in [0.3, 0.4) is 0 Å². The fraction of sp³-hybridized carbons (Fsp3) is 0.208. The number of esters is 1. The quantitative estimate of drug-likeness (QED) is 0.321. The first-order valence-corrected chi connectivity index (χ1v) is 10.5. The third-order valence-corrected chi connectivity index (χ3v) is 5.08. The van der Waals surface area contributed by atoms with Crippen molar-refractivity contribution >= 4 is 29.2 Å². The summed E-state index contributed by atoms with van der Waals surface area (Å²) < 4.78 is 30.7. The molecule has 31 heavy (non-hydrogen) atoms. The molecule has 3 aromatic rings. The van der Waals surface area contributed by atoms with Crippen molar-refractivity contribution in [3.63, 3.8) is 0 Å². The summed E-state index contributed by atoms with van der Waals surface area (Å²) in [6, 6.07) is 17.0. The summed E-state index contributed by atoms with van der Waals surface area (Å²) in [4.78, 5) is 11.4. The topological polar surface area (TPSA) is 44.8 Å². The Morgan fingerprint density at radius 1 is 0.935 bits per heavy atom. The van der Waals surface area contributed by atoms with Crippen molar-refractivity contribution in [1.29, 1.82) is 0 Å². The fourth-order valence-electron chi connectivity index (χ4n) is 2.83. The van der Waals surface area contributed by atoms with E-state index in [1.54, 1.807) is 49.4 Å². The summed E-state index contributed by atoms with van der Waals surface area (Å²) in [6.07, 6.45) is 0.614. The molecule has 0 aromatic heterocycles. The maximum absolute atomic E-state index is 14.4. The van der Waals surface area contributed by atoms with Crippen LogP contribution in [0.5, 0.6) is 17.2 Å². The second-order valence-electron chi connectivity index (χ2n) is 6.68. The number of carbonyl (C=O) groups is 1. The van der Waals surface area contributed by atoms with E-state index in [2.05, 4.69) is 0 Å². The smallest absolute Gasteiger partial charge is 0.306 e. The summed E-state index contributed by atoms with van der Waals surface area (Å²) in [6.45, 7) is 2.25. The van der Waals surface area contributed by atoms with Gasteiger partial charge in [0.1, 0.15) is 18.1 Å². The largest absolute Gasteiger partial charge is 0.486 e. The number of rotatable bonds is 9. The maximum atomic E-state index is 14.4. The number of halogens is 3. The normalized spacial score (nSPS) is 10.6. The molecule has 4 nitrogen and oxygen atoms in total. The van der Waals surface area contributed by atoms with E-state index in [1.165, 1.54) is 6.07 Å². The number of hydrogen-bond donors (Lipinski definition) is 0. The van der Waals surface area contributed by atoms with E-state index in [0.717, 1.165) is 5.56 Å². The number of benzene rings is 3. The highest BCUT2D eigenvalue weighted by atomic mass is 35.5. The van der Waals surface area contributed by atoms with Crippen molar-refractivity contribution in [3.05, 3.63) is 87.7 Å². The average molecular weight is 463 g/mol. The van der Waals surface area contributed by atoms with E-state index in [1.807, 2.05) is 12.1 Å². The van der Waals surface area contributed by atoms with Crippen LogP contribution in [-0.2, 0) is 22.6 Å². The van der Waals surface area contributed by atoms with Gasteiger partial charge in [0.05, 0.1) is 16.7 Å². The Morgan fingerprint density at radius 3 is 2.48 bits per heavy atom. The molecule has 0 radical (unpaired) electrons. The molecule has 0 amide bonds. The lowest BCUT2D eigenvalue weighted by Crippen LogP contribution is -2.05. The van der Waals surface area contributed by atoms with E-state index in [9.17, 15) is 9.18 Å². The molecule has 0 spiro atoms. The average Bonchev–Trinajstić information content (AvgIpc) is 2.75. The summed E-state index contributed by atoms with van der Waals surface area (Å²) in [5, 5.41) is 0.852. The van der Waals surface area contributed by atoms with Gasteiger partial charge in [0, 0.05) is 12.5 Å². The number of hydrogen-bond acceptors (Lipinski definition) is 4. The predicted octanol–water partition coefficient (Wildman–Crippen LogP) is 7.00. The summed E-state index contributed by atoms with van der Waals surface area (Å²) in [5.41, 5.74) is 1.51. The van der Waals surface area contributed by atoms with Crippen LogP contribution in [-0.4, -0.2) is 12.6 Å². The van der Waals surface area contributed by atoms with Gasteiger partial charge < -0.3 is 14.2 Å². The molecule has 0 atom stereocenters. The summed E-state index contributed by atoms with van der Waals surface area (Å²) in [7, 11) is 0. The fourth-order valence-corrected chi connectivity index (χ4v) is 3.12. The molecule has 0 saturated heterocycles. The summed E-state index contributed by atoms with van der Waals surface area (Å²) >= 11 is 11.9. The standard InChI is InChI=1S/C24H21Cl2FO4/c1-2-29-24(28)11-7-16-6-10-23(22(27)13-16)30-15-17-4-3-5-18(12-17)31-19-8-9-20(25)21(26)14-19/h3-6,8-10,12-14H,2,7,11,15H2,1H3. The molecule has 0 aliphatic carbocycles. The SMILES string of the molecule is CCOC(=O)CCc1ccc(OCc2cccc(Oc3ccc(Cl)c(Cl)c3)c2)c(F)c1. The predicted molar refractivity (Wildman–Crippen MR) is 119 cm³/mol. The Kier molecular flexibility index (Phi) is 8.15. The van der Waals surface area contributed by atoms with Gasteiger partial charge in [-0.25, -0.2) is 4.39 Å². The van der Waals surface area contributed by atoms with Crippen molar-refractivity contribution in [3.8, 4) is 17.2 Å². The van der Waals surface area contributed by atoms with Gasteiger partial charge in [-0.15, -0.1) is 0 Å². The van der Waals surface area contributed by atoms with E-state index in [0.29, 0.717) is 40.1 Å². The Bertz CT molecular complexity index is 1060. The zero-order valence-electron chi connectivity index (χ0n) is 16.9. The molecular weight excluding hydrogens is 442 g/mol. The van der Waals surface area contributed by atoms with E-state index >= 15 is 0 Å². The zero-order valence-corrected chi connectivity index (χ0v) is 18.4. The monoisotopic (exact) mass is 462 g/mol. The van der Waals surface area contributed by atoms with Gasteiger partial charge in [0.2, 0.25) is 0 Å². The Balaban J connectivity index is 1.59. The van der Waals surface area contributed by atoms with Crippen molar-refractivity contribution in [1.82, 2.24) is 0 Å². The second-order valence-corrected chi connectivity index (χ2v) is 7.50. The van der Waals surface area contributed by atoms with Gasteiger partial charge in [-0.3, -0.25) is 4.79 Å². The minimum Gasteiger partial charge on any atom is -0.486 e. The first-order valence-electron chi connectivity index (χ1n) is 9.73. The first kappa shape index (κ1) is 22.9. The lowest BCUT2D eigenvalue weighted by molar-refractivity contribution is -0.143. The first-order chi connectivity index (χ1) is 14.9. The Morgan fingerprint density at radius 2 is 1.74 bits per heavy atom. The van der Waals surface area contributed by atoms with Crippen LogP contribution >= 0.6 is 23.2 Å². The third kappa shape index (κ3) is 6.88. The molecule has 0 fully saturated rings. The van der Waals surface area contributed by atoms with Crippen LogP contribution in [0.4, 0.5) is 4.39 Å². The highest BCUT2D eigenvalue weighted by Gasteiger charge is 2.09. The molecule has 3 rings (SSSR count). The number of ether oxygens (including phenoxy) is 3. The van der Waals surface area contributed by atoms with E-state index in [4.69, 9.17) is 37.4 Å². The van der Waals surface area contributed by atoms with Gasteiger partial charge >= 0.3 is 5.97 Å². The van der Waals surface area contributed by atoms with Gasteiger partial charge in [-0.05, 0) is 60.9 Å². The van der Waals surface area contributed by atoms with Crippen molar-refractivity contribution in [2.75, 3.05) is 6.61 Å². The molecule has 0 bridgehead atoms.